The maximum atomic E-state index is 3.69. The molecule has 0 aromatic heterocycles. The third-order valence-corrected chi connectivity index (χ3v) is 4.96. The fraction of sp³-hybridized carbons (Fsp3) is 1.00. The first-order valence-corrected chi connectivity index (χ1v) is 7.75. The second-order valence-electron chi connectivity index (χ2n) is 6.88. The lowest BCUT2D eigenvalue weighted by atomic mass is 10.1. The minimum atomic E-state index is 0.889. The number of hydrogen-bond donors (Lipinski definition) is 1. The zero-order valence-corrected chi connectivity index (χ0v) is 11.3. The van der Waals surface area contributed by atoms with Crippen LogP contribution in [0.5, 0.6) is 0 Å². The third-order valence-electron chi connectivity index (χ3n) is 4.96. The van der Waals surface area contributed by atoms with Crippen molar-refractivity contribution in [1.82, 2.24) is 10.2 Å². The van der Waals surface area contributed by atoms with Crippen molar-refractivity contribution in [3.8, 4) is 0 Å². The predicted molar refractivity (Wildman–Crippen MR) is 72.1 cm³/mol. The van der Waals surface area contributed by atoms with Gasteiger partial charge in [-0.2, -0.15) is 0 Å². The van der Waals surface area contributed by atoms with Gasteiger partial charge in [0.2, 0.25) is 0 Å². The molecule has 0 spiro atoms. The first-order chi connectivity index (χ1) is 8.29. The quantitative estimate of drug-likeness (QED) is 0.789. The monoisotopic (exact) mass is 236 g/mol. The minimum absolute atomic E-state index is 0.889. The normalized spacial score (nSPS) is 39.0. The molecule has 3 rings (SSSR count). The fourth-order valence-corrected chi connectivity index (χ4v) is 3.72. The van der Waals surface area contributed by atoms with Crippen LogP contribution in [0.1, 0.15) is 45.4 Å². The van der Waals surface area contributed by atoms with E-state index in [0.29, 0.717) is 0 Å². The third kappa shape index (κ3) is 3.45. The van der Waals surface area contributed by atoms with E-state index in [9.17, 15) is 0 Å². The Morgan fingerprint density at radius 2 is 1.94 bits per heavy atom. The summed E-state index contributed by atoms with van der Waals surface area (Å²) in [5.74, 6) is 2.95. The van der Waals surface area contributed by atoms with Crippen LogP contribution in [0.3, 0.4) is 0 Å². The summed E-state index contributed by atoms with van der Waals surface area (Å²) in [7, 11) is 0. The molecule has 2 nitrogen and oxygen atoms in total. The van der Waals surface area contributed by atoms with Gasteiger partial charge in [0.25, 0.3) is 0 Å². The fourth-order valence-electron chi connectivity index (χ4n) is 3.72. The average Bonchev–Trinajstić information content (AvgIpc) is 2.90. The second kappa shape index (κ2) is 5.27. The van der Waals surface area contributed by atoms with Gasteiger partial charge in [-0.15, -0.1) is 0 Å². The molecule has 1 aliphatic heterocycles. The molecule has 3 atom stereocenters. The van der Waals surface area contributed by atoms with E-state index in [2.05, 4.69) is 17.1 Å². The lowest BCUT2D eigenvalue weighted by Gasteiger charge is -2.20. The molecule has 0 radical (unpaired) electrons. The molecule has 2 saturated carbocycles. The van der Waals surface area contributed by atoms with E-state index >= 15 is 0 Å². The van der Waals surface area contributed by atoms with E-state index in [-0.39, 0.29) is 0 Å². The van der Waals surface area contributed by atoms with E-state index in [1.807, 2.05) is 0 Å². The highest BCUT2D eigenvalue weighted by Gasteiger charge is 2.29. The Labute approximate surface area is 106 Å². The zero-order valence-electron chi connectivity index (χ0n) is 11.3. The van der Waals surface area contributed by atoms with Crippen molar-refractivity contribution in [2.75, 3.05) is 26.2 Å². The summed E-state index contributed by atoms with van der Waals surface area (Å²) in [6, 6.07) is 0.889. The Hall–Kier alpha value is -0.0800. The summed E-state index contributed by atoms with van der Waals surface area (Å²) in [5, 5.41) is 3.69. The maximum absolute atomic E-state index is 3.69. The van der Waals surface area contributed by atoms with E-state index in [1.165, 1.54) is 64.7 Å². The average molecular weight is 236 g/mol. The van der Waals surface area contributed by atoms with Crippen LogP contribution in [0.25, 0.3) is 0 Å². The number of nitrogens with one attached hydrogen (secondary N) is 1. The van der Waals surface area contributed by atoms with Gasteiger partial charge in [-0.1, -0.05) is 13.3 Å². The summed E-state index contributed by atoms with van der Waals surface area (Å²) >= 11 is 0. The molecule has 0 aromatic carbocycles. The van der Waals surface area contributed by atoms with Gasteiger partial charge in [0.1, 0.15) is 0 Å². The number of nitrogens with zero attached hydrogens (tertiary/aromatic N) is 1. The van der Waals surface area contributed by atoms with Crippen LogP contribution in [-0.4, -0.2) is 37.1 Å². The lowest BCUT2D eigenvalue weighted by Crippen LogP contribution is -2.30. The molecule has 0 aromatic rings. The van der Waals surface area contributed by atoms with Crippen LogP contribution in [0.15, 0.2) is 0 Å². The Bertz CT molecular complexity index is 249. The van der Waals surface area contributed by atoms with Crippen molar-refractivity contribution < 1.29 is 0 Å². The Balaban J connectivity index is 1.35. The molecule has 1 saturated heterocycles. The van der Waals surface area contributed by atoms with Crippen molar-refractivity contribution in [2.24, 2.45) is 17.8 Å². The number of rotatable bonds is 5. The van der Waals surface area contributed by atoms with Crippen molar-refractivity contribution in [1.29, 1.82) is 0 Å². The van der Waals surface area contributed by atoms with Crippen molar-refractivity contribution in [2.45, 2.75) is 51.5 Å². The van der Waals surface area contributed by atoms with Crippen LogP contribution in [0.2, 0.25) is 0 Å². The van der Waals surface area contributed by atoms with E-state index < -0.39 is 0 Å². The van der Waals surface area contributed by atoms with Gasteiger partial charge in [-0.3, -0.25) is 0 Å². The van der Waals surface area contributed by atoms with Gasteiger partial charge < -0.3 is 10.2 Å². The van der Waals surface area contributed by atoms with Gasteiger partial charge in [0.05, 0.1) is 0 Å². The molecule has 98 valence electrons. The zero-order chi connectivity index (χ0) is 11.7. The molecule has 1 N–H and O–H groups in total. The van der Waals surface area contributed by atoms with Crippen LogP contribution in [-0.2, 0) is 0 Å². The molecule has 1 heterocycles. The minimum Gasteiger partial charge on any atom is -0.314 e. The highest BCUT2D eigenvalue weighted by molar-refractivity contribution is 4.85. The van der Waals surface area contributed by atoms with Crippen LogP contribution < -0.4 is 5.32 Å². The largest absolute Gasteiger partial charge is 0.314 e. The molecule has 0 amide bonds. The highest BCUT2D eigenvalue weighted by Crippen LogP contribution is 2.32. The van der Waals surface area contributed by atoms with Crippen molar-refractivity contribution in [3.63, 3.8) is 0 Å². The van der Waals surface area contributed by atoms with E-state index in [4.69, 9.17) is 0 Å². The summed E-state index contributed by atoms with van der Waals surface area (Å²) in [6.45, 7) is 7.82. The predicted octanol–water partition coefficient (Wildman–Crippen LogP) is 2.50. The molecular weight excluding hydrogens is 208 g/mol. The highest BCUT2D eigenvalue weighted by atomic mass is 15.2. The summed E-state index contributed by atoms with van der Waals surface area (Å²) in [6.07, 6.45) is 8.74. The summed E-state index contributed by atoms with van der Waals surface area (Å²) in [5.41, 5.74) is 0. The Morgan fingerprint density at radius 3 is 2.65 bits per heavy atom. The number of hydrogen-bond acceptors (Lipinski definition) is 2. The number of likely N-dealkylation sites (tertiary alicyclic amines) is 1. The molecule has 2 aliphatic carbocycles. The summed E-state index contributed by atoms with van der Waals surface area (Å²) in [4.78, 5) is 2.74. The van der Waals surface area contributed by atoms with Crippen LogP contribution in [0, 0.1) is 17.8 Å². The van der Waals surface area contributed by atoms with Crippen molar-refractivity contribution in [3.05, 3.63) is 0 Å². The SMILES string of the molecule is CC1CCC(CN2CCC(CNC3CC3)C2)C1. The first kappa shape index (κ1) is 12.0. The standard InChI is InChI=1S/C15H28N2/c1-12-2-3-13(8-12)10-17-7-6-14(11-17)9-16-15-4-5-15/h12-16H,2-11H2,1H3. The first-order valence-electron chi connectivity index (χ1n) is 7.75. The smallest absolute Gasteiger partial charge is 0.00683 e. The molecule has 2 heteroatoms. The molecule has 3 fully saturated rings. The maximum Gasteiger partial charge on any atom is 0.00683 e. The molecule has 3 aliphatic rings. The van der Waals surface area contributed by atoms with Gasteiger partial charge in [-0.25, -0.2) is 0 Å². The molecule has 3 unspecified atom stereocenters. The van der Waals surface area contributed by atoms with Gasteiger partial charge >= 0.3 is 0 Å². The van der Waals surface area contributed by atoms with Gasteiger partial charge in [0, 0.05) is 19.1 Å². The second-order valence-corrected chi connectivity index (χ2v) is 6.88. The topological polar surface area (TPSA) is 15.3 Å². The van der Waals surface area contributed by atoms with Gasteiger partial charge in [-0.05, 0) is 62.9 Å². The van der Waals surface area contributed by atoms with Gasteiger partial charge in [0.15, 0.2) is 0 Å². The lowest BCUT2D eigenvalue weighted by molar-refractivity contribution is 0.266. The Morgan fingerprint density at radius 1 is 1.06 bits per heavy atom. The van der Waals surface area contributed by atoms with Crippen molar-refractivity contribution >= 4 is 0 Å². The Kier molecular flexibility index (Phi) is 3.72. The molecule has 17 heavy (non-hydrogen) atoms. The van der Waals surface area contributed by atoms with Crippen LogP contribution in [0.4, 0.5) is 0 Å². The van der Waals surface area contributed by atoms with E-state index in [0.717, 1.165) is 23.8 Å². The molecule has 0 bridgehead atoms. The molecular formula is C15H28N2. The summed E-state index contributed by atoms with van der Waals surface area (Å²) < 4.78 is 0. The van der Waals surface area contributed by atoms with E-state index in [1.54, 1.807) is 0 Å². The van der Waals surface area contributed by atoms with Crippen LogP contribution >= 0.6 is 0 Å².